The van der Waals surface area contributed by atoms with Crippen LogP contribution in [-0.2, 0) is 6.42 Å². The van der Waals surface area contributed by atoms with Gasteiger partial charge in [0.25, 0.3) is 5.91 Å². The molecule has 0 aliphatic carbocycles. The first-order chi connectivity index (χ1) is 11.5. The van der Waals surface area contributed by atoms with E-state index in [4.69, 9.17) is 17.3 Å². The monoisotopic (exact) mass is 362 g/mol. The molecule has 1 aromatic heterocycles. The van der Waals surface area contributed by atoms with E-state index in [0.29, 0.717) is 26.9 Å². The van der Waals surface area contributed by atoms with Gasteiger partial charge in [0.05, 0.1) is 16.3 Å². The molecule has 1 heterocycles. The molecule has 0 fully saturated rings. The lowest BCUT2D eigenvalue weighted by atomic mass is 10.1. The molecule has 0 spiro atoms. The van der Waals surface area contributed by atoms with Gasteiger partial charge >= 0.3 is 0 Å². The van der Waals surface area contributed by atoms with Gasteiger partial charge in [0, 0.05) is 28.0 Å². The van der Waals surface area contributed by atoms with E-state index in [2.05, 4.69) is 4.98 Å². The van der Waals surface area contributed by atoms with Gasteiger partial charge in [-0.2, -0.15) is 0 Å². The van der Waals surface area contributed by atoms with Gasteiger partial charge in [-0.05, 0) is 30.3 Å². The lowest BCUT2D eigenvalue weighted by Crippen LogP contribution is -2.11. The molecule has 1 amide bonds. The zero-order valence-electron chi connectivity index (χ0n) is 12.3. The molecule has 0 radical (unpaired) electrons. The maximum absolute atomic E-state index is 13.9. The van der Waals surface area contributed by atoms with Crippen molar-refractivity contribution in [2.24, 2.45) is 5.73 Å². The second-order valence-corrected chi connectivity index (χ2v) is 6.45. The third-order valence-corrected chi connectivity index (χ3v) is 4.70. The number of phenols is 1. The van der Waals surface area contributed by atoms with E-state index in [9.17, 15) is 14.3 Å². The number of halogens is 2. The number of primary amides is 1. The average Bonchev–Trinajstić information content (AvgIpc) is 3.00. The Bertz CT molecular complexity index is 906. The molecule has 0 aliphatic heterocycles. The zero-order valence-corrected chi connectivity index (χ0v) is 13.9. The SMILES string of the molecule is NC(=O)c1cc(-c2csc(Cc3c(F)cccc3Cl)n2)ccc1O. The summed E-state index contributed by atoms with van der Waals surface area (Å²) < 4.78 is 13.9. The van der Waals surface area contributed by atoms with E-state index in [1.54, 1.807) is 23.6 Å². The van der Waals surface area contributed by atoms with E-state index in [-0.39, 0.29) is 23.6 Å². The van der Waals surface area contributed by atoms with Crippen molar-refractivity contribution in [2.45, 2.75) is 6.42 Å². The highest BCUT2D eigenvalue weighted by Gasteiger charge is 2.13. The number of carbonyl (C=O) groups excluding carboxylic acids is 1. The number of hydrogen-bond donors (Lipinski definition) is 2. The van der Waals surface area contributed by atoms with Crippen LogP contribution in [0.2, 0.25) is 5.02 Å². The summed E-state index contributed by atoms with van der Waals surface area (Å²) >= 11 is 7.39. The van der Waals surface area contributed by atoms with Crippen molar-refractivity contribution >= 4 is 28.8 Å². The second-order valence-electron chi connectivity index (χ2n) is 5.10. The van der Waals surface area contributed by atoms with Crippen molar-refractivity contribution in [1.82, 2.24) is 4.98 Å². The summed E-state index contributed by atoms with van der Waals surface area (Å²) in [6.45, 7) is 0. The van der Waals surface area contributed by atoms with Crippen LogP contribution in [0, 0.1) is 5.82 Å². The van der Waals surface area contributed by atoms with Crippen LogP contribution in [0.3, 0.4) is 0 Å². The number of aromatic hydroxyl groups is 1. The summed E-state index contributed by atoms with van der Waals surface area (Å²) in [6, 6.07) is 9.05. The minimum Gasteiger partial charge on any atom is -0.507 e. The fourth-order valence-corrected chi connectivity index (χ4v) is 3.31. The van der Waals surface area contributed by atoms with E-state index in [1.165, 1.54) is 29.5 Å². The van der Waals surface area contributed by atoms with Gasteiger partial charge in [0.15, 0.2) is 0 Å². The number of rotatable bonds is 4. The van der Waals surface area contributed by atoms with Crippen LogP contribution in [-0.4, -0.2) is 16.0 Å². The molecule has 122 valence electrons. The first-order valence-electron chi connectivity index (χ1n) is 6.96. The standard InChI is InChI=1S/C17H12ClFN2O2S/c18-12-2-1-3-13(19)10(12)7-16-21-14(8-24-16)9-4-5-15(22)11(6-9)17(20)23/h1-6,8,22H,7H2,(H2,20,23). The molecule has 0 saturated heterocycles. The number of benzene rings is 2. The first-order valence-corrected chi connectivity index (χ1v) is 8.22. The third-order valence-electron chi connectivity index (χ3n) is 3.50. The molecule has 24 heavy (non-hydrogen) atoms. The van der Waals surface area contributed by atoms with Gasteiger partial charge in [-0.15, -0.1) is 11.3 Å². The maximum atomic E-state index is 13.9. The molecule has 0 unspecified atom stereocenters. The fraction of sp³-hybridized carbons (Fsp3) is 0.0588. The number of nitrogens with two attached hydrogens (primary N) is 1. The van der Waals surface area contributed by atoms with Gasteiger partial charge in [-0.1, -0.05) is 17.7 Å². The predicted octanol–water partition coefficient (Wildman–Crippen LogP) is 4.00. The van der Waals surface area contributed by atoms with Crippen molar-refractivity contribution in [1.29, 1.82) is 0 Å². The Hall–Kier alpha value is -2.44. The van der Waals surface area contributed by atoms with Gasteiger partial charge in [-0.3, -0.25) is 4.79 Å². The van der Waals surface area contributed by atoms with Crippen molar-refractivity contribution in [2.75, 3.05) is 0 Å². The van der Waals surface area contributed by atoms with E-state index in [1.807, 2.05) is 0 Å². The molecule has 0 bridgehead atoms. The number of aromatic nitrogens is 1. The highest BCUT2D eigenvalue weighted by molar-refractivity contribution is 7.10. The van der Waals surface area contributed by atoms with E-state index in [0.717, 1.165) is 0 Å². The first kappa shape index (κ1) is 16.4. The molecular weight excluding hydrogens is 351 g/mol. The lowest BCUT2D eigenvalue weighted by Gasteiger charge is -2.04. The minimum atomic E-state index is -0.719. The number of carbonyl (C=O) groups is 1. The van der Waals surface area contributed by atoms with Crippen LogP contribution >= 0.6 is 22.9 Å². The summed E-state index contributed by atoms with van der Waals surface area (Å²) in [5, 5.41) is 12.5. The van der Waals surface area contributed by atoms with Crippen LogP contribution in [0.4, 0.5) is 4.39 Å². The molecule has 3 aromatic rings. The quantitative estimate of drug-likeness (QED) is 0.736. The summed E-state index contributed by atoms with van der Waals surface area (Å²) in [4.78, 5) is 15.8. The zero-order chi connectivity index (χ0) is 17.3. The molecule has 7 heteroatoms. The Morgan fingerprint density at radius 2 is 2.12 bits per heavy atom. The largest absolute Gasteiger partial charge is 0.507 e. The van der Waals surface area contributed by atoms with Gasteiger partial charge in [0.1, 0.15) is 11.6 Å². The van der Waals surface area contributed by atoms with Gasteiger partial charge < -0.3 is 10.8 Å². The molecule has 3 N–H and O–H groups in total. The Labute approximate surface area is 146 Å². The topological polar surface area (TPSA) is 76.2 Å². The second kappa shape index (κ2) is 6.59. The van der Waals surface area contributed by atoms with Gasteiger partial charge in [0.2, 0.25) is 0 Å². The highest BCUT2D eigenvalue weighted by Crippen LogP contribution is 2.29. The van der Waals surface area contributed by atoms with Crippen molar-refractivity contribution in [3.63, 3.8) is 0 Å². The van der Waals surface area contributed by atoms with E-state index < -0.39 is 5.91 Å². The normalized spacial score (nSPS) is 10.8. The summed E-state index contributed by atoms with van der Waals surface area (Å²) in [5.74, 6) is -1.28. The van der Waals surface area contributed by atoms with Crippen molar-refractivity contribution < 1.29 is 14.3 Å². The summed E-state index contributed by atoms with van der Waals surface area (Å²) in [5.41, 5.74) is 6.91. The van der Waals surface area contributed by atoms with Crippen molar-refractivity contribution in [3.05, 3.63) is 68.8 Å². The molecule has 4 nitrogen and oxygen atoms in total. The van der Waals surface area contributed by atoms with Crippen LogP contribution < -0.4 is 5.73 Å². The Balaban J connectivity index is 1.91. The third kappa shape index (κ3) is 3.25. The van der Waals surface area contributed by atoms with Crippen LogP contribution in [0.15, 0.2) is 41.8 Å². The van der Waals surface area contributed by atoms with Crippen LogP contribution in [0.1, 0.15) is 20.9 Å². The smallest absolute Gasteiger partial charge is 0.252 e. The number of nitrogens with zero attached hydrogens (tertiary/aromatic N) is 1. The molecule has 2 aromatic carbocycles. The Morgan fingerprint density at radius 1 is 1.33 bits per heavy atom. The average molecular weight is 363 g/mol. The summed E-state index contributed by atoms with van der Waals surface area (Å²) in [7, 11) is 0. The van der Waals surface area contributed by atoms with Crippen molar-refractivity contribution in [3.8, 4) is 17.0 Å². The van der Waals surface area contributed by atoms with Gasteiger partial charge in [-0.25, -0.2) is 9.37 Å². The number of thiazole rings is 1. The molecule has 3 rings (SSSR count). The predicted molar refractivity (Wildman–Crippen MR) is 91.9 cm³/mol. The molecule has 0 saturated carbocycles. The van der Waals surface area contributed by atoms with Crippen LogP contribution in [0.25, 0.3) is 11.3 Å². The highest BCUT2D eigenvalue weighted by atomic mass is 35.5. The lowest BCUT2D eigenvalue weighted by molar-refractivity contribution is 0.0998. The fourth-order valence-electron chi connectivity index (χ4n) is 2.27. The molecule has 0 aliphatic rings. The van der Waals surface area contributed by atoms with E-state index >= 15 is 0 Å². The Morgan fingerprint density at radius 3 is 2.83 bits per heavy atom. The minimum absolute atomic E-state index is 0.0270. The Kier molecular flexibility index (Phi) is 4.51. The number of hydrogen-bond acceptors (Lipinski definition) is 4. The maximum Gasteiger partial charge on any atom is 0.252 e. The molecule has 0 atom stereocenters. The number of amides is 1. The summed E-state index contributed by atoms with van der Waals surface area (Å²) in [6.07, 6.45) is 0.275. The van der Waals surface area contributed by atoms with Crippen LogP contribution in [0.5, 0.6) is 5.75 Å². The molecular formula is C17H12ClFN2O2S.